The Labute approximate surface area is 140 Å². The Kier molecular flexibility index (Phi) is 4.22. The normalized spacial score (nSPS) is 16.7. The highest BCUT2D eigenvalue weighted by molar-refractivity contribution is 7.11. The first-order chi connectivity index (χ1) is 11.0. The number of carbonyl (C=O) groups excluding carboxylic acids is 1. The molecule has 2 aromatic rings. The number of rotatable bonds is 3. The number of carbonyl (C=O) groups is 1. The van der Waals surface area contributed by atoms with Crippen molar-refractivity contribution in [2.24, 2.45) is 7.05 Å². The summed E-state index contributed by atoms with van der Waals surface area (Å²) in [6.45, 7) is 2.71. The van der Waals surface area contributed by atoms with Crippen LogP contribution in [0.2, 0.25) is 0 Å². The molecule has 5 nitrogen and oxygen atoms in total. The molecule has 23 heavy (non-hydrogen) atoms. The zero-order valence-electron chi connectivity index (χ0n) is 13.7. The van der Waals surface area contributed by atoms with Gasteiger partial charge in [0.25, 0.3) is 5.91 Å². The Morgan fingerprint density at radius 1 is 1.61 bits per heavy atom. The Morgan fingerprint density at radius 2 is 2.39 bits per heavy atom. The number of fused-ring (bicyclic) bond motifs is 1. The van der Waals surface area contributed by atoms with Gasteiger partial charge < -0.3 is 9.47 Å². The summed E-state index contributed by atoms with van der Waals surface area (Å²) in [5, 5.41) is 10.1. The van der Waals surface area contributed by atoms with Crippen molar-refractivity contribution >= 4 is 17.2 Å². The second-order valence-corrected chi connectivity index (χ2v) is 7.44. The van der Waals surface area contributed by atoms with Gasteiger partial charge in [-0.15, -0.1) is 11.3 Å². The number of thiazole rings is 1. The minimum absolute atomic E-state index is 0.0481. The molecule has 0 unspecified atom stereocenters. The molecule has 2 aromatic heterocycles. The molecular formula is C17H20N4OS. The number of hydrogen-bond acceptors (Lipinski definition) is 4. The number of hydrogen-bond donors (Lipinski definition) is 0. The molecule has 6 heteroatoms. The van der Waals surface area contributed by atoms with Gasteiger partial charge in [0.1, 0.15) is 11.8 Å². The average molecular weight is 328 g/mol. The number of aromatic nitrogens is 2. The van der Waals surface area contributed by atoms with Gasteiger partial charge in [-0.1, -0.05) is 0 Å². The van der Waals surface area contributed by atoms with Crippen LogP contribution in [-0.2, 0) is 13.5 Å². The number of amides is 1. The van der Waals surface area contributed by atoms with Crippen molar-refractivity contribution in [2.45, 2.75) is 32.1 Å². The van der Waals surface area contributed by atoms with Gasteiger partial charge in [-0.05, 0) is 32.3 Å². The number of likely N-dealkylation sites (N-methyl/N-ethyl adjacent to an activating group) is 1. The lowest BCUT2D eigenvalue weighted by Gasteiger charge is -2.26. The maximum absolute atomic E-state index is 12.7. The SMILES string of the molecule is Cc1nc2c(s1)CCC[C@H]2CN(C)C(=O)c1cc(C#N)cn1C. The lowest BCUT2D eigenvalue weighted by atomic mass is 9.90. The molecule has 1 atom stereocenters. The molecule has 0 N–H and O–H groups in total. The Bertz CT molecular complexity index is 783. The quantitative estimate of drug-likeness (QED) is 0.870. The van der Waals surface area contributed by atoms with Crippen molar-refractivity contribution in [3.05, 3.63) is 39.1 Å². The van der Waals surface area contributed by atoms with E-state index in [4.69, 9.17) is 5.26 Å². The number of aryl methyl sites for hydroxylation is 3. The van der Waals surface area contributed by atoms with Crippen molar-refractivity contribution in [1.29, 1.82) is 5.26 Å². The minimum atomic E-state index is -0.0481. The van der Waals surface area contributed by atoms with Gasteiger partial charge >= 0.3 is 0 Å². The van der Waals surface area contributed by atoms with Gasteiger partial charge in [-0.3, -0.25) is 4.79 Å². The fourth-order valence-electron chi connectivity index (χ4n) is 3.25. The minimum Gasteiger partial charge on any atom is -0.345 e. The van der Waals surface area contributed by atoms with Gasteiger partial charge in [0.15, 0.2) is 0 Å². The van der Waals surface area contributed by atoms with Crippen LogP contribution in [0.1, 0.15) is 50.4 Å². The van der Waals surface area contributed by atoms with E-state index in [-0.39, 0.29) is 5.91 Å². The fraction of sp³-hybridized carbons (Fsp3) is 0.471. The van der Waals surface area contributed by atoms with Gasteiger partial charge in [0, 0.05) is 37.6 Å². The third kappa shape index (κ3) is 3.02. The van der Waals surface area contributed by atoms with Gasteiger partial charge in [-0.2, -0.15) is 5.26 Å². The highest BCUT2D eigenvalue weighted by Gasteiger charge is 2.27. The van der Waals surface area contributed by atoms with E-state index in [0.29, 0.717) is 23.7 Å². The average Bonchev–Trinajstić information content (AvgIpc) is 3.08. The number of nitriles is 1. The standard InChI is InChI=1S/C17H20N4OS/c1-11-19-16-13(5-4-6-15(16)23-11)10-21(3)17(22)14-7-12(8-18)9-20(14)2/h7,9,13H,4-6,10H2,1-3H3/t13-/m0/s1. The van der Waals surface area contributed by atoms with Crippen molar-refractivity contribution in [3.8, 4) is 6.07 Å². The molecule has 0 fully saturated rings. The monoisotopic (exact) mass is 328 g/mol. The van der Waals surface area contributed by atoms with Crippen LogP contribution >= 0.6 is 11.3 Å². The van der Waals surface area contributed by atoms with E-state index in [1.165, 1.54) is 10.6 Å². The molecule has 120 valence electrons. The second-order valence-electron chi connectivity index (χ2n) is 6.15. The summed E-state index contributed by atoms with van der Waals surface area (Å²) < 4.78 is 1.72. The van der Waals surface area contributed by atoms with Crippen LogP contribution in [0.4, 0.5) is 0 Å². The number of nitrogens with zero attached hydrogens (tertiary/aromatic N) is 4. The molecule has 3 rings (SSSR count). The molecule has 0 saturated heterocycles. The van der Waals surface area contributed by atoms with Crippen LogP contribution in [0.5, 0.6) is 0 Å². The first-order valence-electron chi connectivity index (χ1n) is 7.77. The summed E-state index contributed by atoms with van der Waals surface area (Å²) in [5.41, 5.74) is 2.25. The van der Waals surface area contributed by atoms with Crippen LogP contribution in [0.15, 0.2) is 12.3 Å². The predicted octanol–water partition coefficient (Wildman–Crippen LogP) is 2.85. The van der Waals surface area contributed by atoms with Crippen LogP contribution < -0.4 is 0 Å². The molecule has 0 bridgehead atoms. The molecule has 1 aliphatic rings. The van der Waals surface area contributed by atoms with E-state index in [1.54, 1.807) is 40.1 Å². The maximum Gasteiger partial charge on any atom is 0.270 e. The molecular weight excluding hydrogens is 308 g/mol. The first kappa shape index (κ1) is 15.8. The Hall–Kier alpha value is -2.13. The lowest BCUT2D eigenvalue weighted by Crippen LogP contribution is -2.33. The molecule has 0 radical (unpaired) electrons. The zero-order valence-corrected chi connectivity index (χ0v) is 14.5. The summed E-state index contributed by atoms with van der Waals surface area (Å²) in [5.74, 6) is 0.265. The molecule has 1 amide bonds. The zero-order chi connectivity index (χ0) is 16.6. The van der Waals surface area contributed by atoms with Gasteiger partial charge in [-0.25, -0.2) is 4.98 Å². The molecule has 1 aliphatic carbocycles. The first-order valence-corrected chi connectivity index (χ1v) is 8.59. The Balaban J connectivity index is 1.77. The lowest BCUT2D eigenvalue weighted by molar-refractivity contribution is 0.0773. The second kappa shape index (κ2) is 6.17. The third-order valence-corrected chi connectivity index (χ3v) is 5.42. The van der Waals surface area contributed by atoms with Gasteiger partial charge in [0.05, 0.1) is 16.3 Å². The molecule has 0 spiro atoms. The topological polar surface area (TPSA) is 61.9 Å². The summed E-state index contributed by atoms with van der Waals surface area (Å²) in [4.78, 5) is 20.5. The van der Waals surface area contributed by atoms with E-state index in [2.05, 4.69) is 11.1 Å². The van der Waals surface area contributed by atoms with E-state index in [0.717, 1.165) is 24.3 Å². The van der Waals surface area contributed by atoms with Crippen LogP contribution in [0, 0.1) is 18.3 Å². The summed E-state index contributed by atoms with van der Waals surface area (Å²) in [7, 11) is 3.62. The molecule has 0 aliphatic heterocycles. The van der Waals surface area contributed by atoms with Crippen LogP contribution in [0.25, 0.3) is 0 Å². The van der Waals surface area contributed by atoms with Crippen LogP contribution in [0.3, 0.4) is 0 Å². The van der Waals surface area contributed by atoms with Crippen molar-refractivity contribution < 1.29 is 4.79 Å². The van der Waals surface area contributed by atoms with Crippen molar-refractivity contribution in [3.63, 3.8) is 0 Å². The highest BCUT2D eigenvalue weighted by Crippen LogP contribution is 2.35. The highest BCUT2D eigenvalue weighted by atomic mass is 32.1. The molecule has 2 heterocycles. The Morgan fingerprint density at radius 3 is 3.09 bits per heavy atom. The van der Waals surface area contributed by atoms with Crippen molar-refractivity contribution in [2.75, 3.05) is 13.6 Å². The van der Waals surface area contributed by atoms with Crippen LogP contribution in [-0.4, -0.2) is 34.0 Å². The third-order valence-electron chi connectivity index (χ3n) is 4.37. The van der Waals surface area contributed by atoms with Gasteiger partial charge in [0.2, 0.25) is 0 Å². The maximum atomic E-state index is 12.7. The largest absolute Gasteiger partial charge is 0.345 e. The molecule has 0 aromatic carbocycles. The summed E-state index contributed by atoms with van der Waals surface area (Å²) in [6, 6.07) is 3.73. The van der Waals surface area contributed by atoms with E-state index in [9.17, 15) is 4.79 Å². The van der Waals surface area contributed by atoms with E-state index in [1.807, 2.05) is 14.0 Å². The predicted molar refractivity (Wildman–Crippen MR) is 89.6 cm³/mol. The smallest absolute Gasteiger partial charge is 0.270 e. The summed E-state index contributed by atoms with van der Waals surface area (Å²) in [6.07, 6.45) is 5.02. The molecule has 0 saturated carbocycles. The van der Waals surface area contributed by atoms with E-state index >= 15 is 0 Å². The summed E-state index contributed by atoms with van der Waals surface area (Å²) >= 11 is 1.78. The van der Waals surface area contributed by atoms with Crippen molar-refractivity contribution in [1.82, 2.24) is 14.5 Å². The van der Waals surface area contributed by atoms with E-state index < -0.39 is 0 Å². The fourth-order valence-corrected chi connectivity index (χ4v) is 4.32.